The highest BCUT2D eigenvalue weighted by Crippen LogP contribution is 2.33. The SMILES string of the molecule is C=C1NC(=O)N[C@@H](c2ccc(C(F)(F)F)cc2)[C@@H]1C(=O)OCCOC. The van der Waals surface area contributed by atoms with Crippen LogP contribution in [0.25, 0.3) is 0 Å². The van der Waals surface area contributed by atoms with Crippen molar-refractivity contribution in [2.75, 3.05) is 20.3 Å². The van der Waals surface area contributed by atoms with Crippen LogP contribution in [0, 0.1) is 5.92 Å². The van der Waals surface area contributed by atoms with E-state index in [4.69, 9.17) is 9.47 Å². The third-order valence-corrected chi connectivity index (χ3v) is 3.65. The Morgan fingerprint density at radius 1 is 1.24 bits per heavy atom. The molecule has 0 aromatic heterocycles. The Hall–Kier alpha value is -2.55. The molecule has 136 valence electrons. The minimum absolute atomic E-state index is 0.00674. The molecule has 1 heterocycles. The van der Waals surface area contributed by atoms with Crippen molar-refractivity contribution in [2.24, 2.45) is 5.92 Å². The Bertz CT molecular complexity index is 658. The number of carbonyl (C=O) groups is 2. The van der Waals surface area contributed by atoms with Crippen LogP contribution in [0.4, 0.5) is 18.0 Å². The summed E-state index contributed by atoms with van der Waals surface area (Å²) in [4.78, 5) is 24.0. The lowest BCUT2D eigenvalue weighted by atomic mass is 9.88. The predicted molar refractivity (Wildman–Crippen MR) is 81.3 cm³/mol. The van der Waals surface area contributed by atoms with Crippen molar-refractivity contribution in [3.05, 3.63) is 47.7 Å². The summed E-state index contributed by atoms with van der Waals surface area (Å²) in [6.07, 6.45) is -4.47. The zero-order chi connectivity index (χ0) is 18.6. The molecule has 0 radical (unpaired) electrons. The maximum atomic E-state index is 12.7. The molecule has 1 aliphatic rings. The van der Waals surface area contributed by atoms with Crippen molar-refractivity contribution in [3.63, 3.8) is 0 Å². The van der Waals surface area contributed by atoms with Gasteiger partial charge in [0.1, 0.15) is 12.5 Å². The van der Waals surface area contributed by atoms with E-state index in [1.165, 1.54) is 19.2 Å². The number of ether oxygens (including phenoxy) is 2. The fourth-order valence-corrected chi connectivity index (χ4v) is 2.43. The second-order valence-corrected chi connectivity index (χ2v) is 5.36. The van der Waals surface area contributed by atoms with Crippen LogP contribution in [0.15, 0.2) is 36.5 Å². The quantitative estimate of drug-likeness (QED) is 0.626. The van der Waals surface area contributed by atoms with Crippen LogP contribution in [0.5, 0.6) is 0 Å². The van der Waals surface area contributed by atoms with Gasteiger partial charge in [0.15, 0.2) is 0 Å². The molecule has 25 heavy (non-hydrogen) atoms. The van der Waals surface area contributed by atoms with Crippen LogP contribution < -0.4 is 10.6 Å². The number of amides is 2. The molecule has 0 saturated carbocycles. The third kappa shape index (κ3) is 4.50. The predicted octanol–water partition coefficient (Wildman–Crippen LogP) is 2.38. The number of benzene rings is 1. The summed E-state index contributed by atoms with van der Waals surface area (Å²) in [6.45, 7) is 3.84. The Labute approximate surface area is 142 Å². The average Bonchev–Trinajstić information content (AvgIpc) is 2.53. The molecule has 0 aliphatic carbocycles. The number of esters is 1. The molecule has 1 saturated heterocycles. The first-order valence-electron chi connectivity index (χ1n) is 7.33. The lowest BCUT2D eigenvalue weighted by molar-refractivity contribution is -0.149. The van der Waals surface area contributed by atoms with Gasteiger partial charge >= 0.3 is 18.2 Å². The van der Waals surface area contributed by atoms with Crippen LogP contribution >= 0.6 is 0 Å². The van der Waals surface area contributed by atoms with Crippen LogP contribution in [-0.4, -0.2) is 32.3 Å². The number of urea groups is 1. The Kier molecular flexibility index (Phi) is 5.68. The molecule has 0 unspecified atom stereocenters. The molecule has 2 N–H and O–H groups in total. The van der Waals surface area contributed by atoms with Crippen LogP contribution in [0.1, 0.15) is 17.2 Å². The average molecular weight is 358 g/mol. The molecule has 0 spiro atoms. The second kappa shape index (κ2) is 7.56. The first kappa shape index (κ1) is 18.8. The molecule has 6 nitrogen and oxygen atoms in total. The lowest BCUT2D eigenvalue weighted by Crippen LogP contribution is -2.51. The van der Waals surface area contributed by atoms with Gasteiger partial charge in [0.2, 0.25) is 0 Å². The van der Waals surface area contributed by atoms with Gasteiger partial charge in [0.05, 0.1) is 18.2 Å². The van der Waals surface area contributed by atoms with Gasteiger partial charge in [0.25, 0.3) is 0 Å². The number of rotatable bonds is 5. The zero-order valence-corrected chi connectivity index (χ0v) is 13.4. The van der Waals surface area contributed by atoms with E-state index in [0.717, 1.165) is 12.1 Å². The van der Waals surface area contributed by atoms with E-state index in [2.05, 4.69) is 17.2 Å². The van der Waals surface area contributed by atoms with Gasteiger partial charge < -0.3 is 20.1 Å². The molecule has 1 aromatic rings. The third-order valence-electron chi connectivity index (χ3n) is 3.65. The molecule has 9 heteroatoms. The molecule has 1 aromatic carbocycles. The van der Waals surface area contributed by atoms with Gasteiger partial charge in [-0.15, -0.1) is 0 Å². The van der Waals surface area contributed by atoms with E-state index in [1.54, 1.807) is 0 Å². The van der Waals surface area contributed by atoms with Gasteiger partial charge in [-0.25, -0.2) is 4.79 Å². The minimum atomic E-state index is -4.47. The van der Waals surface area contributed by atoms with E-state index < -0.39 is 35.7 Å². The van der Waals surface area contributed by atoms with Crippen LogP contribution in [0.2, 0.25) is 0 Å². The standard InChI is InChI=1S/C16H17F3N2O4/c1-9-12(14(22)25-8-7-24-2)13(21-15(23)20-9)10-3-5-11(6-4-10)16(17,18)19/h3-6,12-13H,1,7-8H2,2H3,(H2,20,21,23)/t12-,13+/m1/s1. The van der Waals surface area contributed by atoms with Crippen LogP contribution in [-0.2, 0) is 20.4 Å². The number of hydrogen-bond acceptors (Lipinski definition) is 4. The zero-order valence-electron chi connectivity index (χ0n) is 13.4. The van der Waals surface area contributed by atoms with E-state index in [-0.39, 0.29) is 18.9 Å². The summed E-state index contributed by atoms with van der Waals surface area (Å²) in [5, 5.41) is 4.90. The monoisotopic (exact) mass is 358 g/mol. The van der Waals surface area contributed by atoms with E-state index in [1.807, 2.05) is 0 Å². The molecule has 1 aliphatic heterocycles. The maximum Gasteiger partial charge on any atom is 0.416 e. The van der Waals surface area contributed by atoms with Gasteiger partial charge in [-0.2, -0.15) is 13.2 Å². The van der Waals surface area contributed by atoms with E-state index in [0.29, 0.717) is 5.56 Å². The van der Waals surface area contributed by atoms with Crippen molar-refractivity contribution >= 4 is 12.0 Å². The highest BCUT2D eigenvalue weighted by molar-refractivity contribution is 5.85. The molecule has 2 atom stereocenters. The van der Waals surface area contributed by atoms with Crippen molar-refractivity contribution in [1.29, 1.82) is 0 Å². The smallest absolute Gasteiger partial charge is 0.416 e. The summed E-state index contributed by atoms with van der Waals surface area (Å²) in [6, 6.07) is 2.71. The summed E-state index contributed by atoms with van der Waals surface area (Å²) < 4.78 is 47.9. The fraction of sp³-hybridized carbons (Fsp3) is 0.375. The van der Waals surface area contributed by atoms with Crippen molar-refractivity contribution in [1.82, 2.24) is 10.6 Å². The maximum absolute atomic E-state index is 12.7. The summed E-state index contributed by atoms with van der Waals surface area (Å²) in [7, 11) is 1.44. The van der Waals surface area contributed by atoms with Gasteiger partial charge in [-0.3, -0.25) is 4.79 Å². The number of halogens is 3. The van der Waals surface area contributed by atoms with Crippen LogP contribution in [0.3, 0.4) is 0 Å². The van der Waals surface area contributed by atoms with Crippen molar-refractivity contribution < 1.29 is 32.2 Å². The number of methoxy groups -OCH3 is 1. The Morgan fingerprint density at radius 3 is 2.44 bits per heavy atom. The molecule has 1 fully saturated rings. The highest BCUT2D eigenvalue weighted by Gasteiger charge is 2.39. The molecular weight excluding hydrogens is 341 g/mol. The Morgan fingerprint density at radius 2 is 1.88 bits per heavy atom. The first-order valence-corrected chi connectivity index (χ1v) is 7.33. The number of nitrogens with one attached hydrogen (secondary N) is 2. The number of alkyl halides is 3. The molecule has 2 amide bonds. The highest BCUT2D eigenvalue weighted by atomic mass is 19.4. The van der Waals surface area contributed by atoms with Gasteiger partial charge in [-0.05, 0) is 17.7 Å². The van der Waals surface area contributed by atoms with E-state index >= 15 is 0 Å². The minimum Gasteiger partial charge on any atom is -0.463 e. The van der Waals surface area contributed by atoms with Gasteiger partial charge in [0, 0.05) is 12.8 Å². The first-order chi connectivity index (χ1) is 11.7. The molecule has 0 bridgehead atoms. The largest absolute Gasteiger partial charge is 0.463 e. The summed E-state index contributed by atoms with van der Waals surface area (Å²) in [5.74, 6) is -1.65. The molecule has 2 rings (SSSR count). The summed E-state index contributed by atoms with van der Waals surface area (Å²) in [5.41, 5.74) is -0.386. The van der Waals surface area contributed by atoms with Crippen molar-refractivity contribution in [3.8, 4) is 0 Å². The molecular formula is C16H17F3N2O4. The Balaban J connectivity index is 2.25. The normalized spacial score (nSPS) is 20.6. The van der Waals surface area contributed by atoms with Gasteiger partial charge in [-0.1, -0.05) is 18.7 Å². The topological polar surface area (TPSA) is 76.7 Å². The lowest BCUT2D eigenvalue weighted by Gasteiger charge is -2.33. The summed E-state index contributed by atoms with van der Waals surface area (Å²) >= 11 is 0. The number of carbonyl (C=O) groups excluding carboxylic acids is 2. The fourth-order valence-electron chi connectivity index (χ4n) is 2.43. The second-order valence-electron chi connectivity index (χ2n) is 5.36. The van der Waals surface area contributed by atoms with Crippen molar-refractivity contribution in [2.45, 2.75) is 12.2 Å². The van der Waals surface area contributed by atoms with E-state index in [9.17, 15) is 22.8 Å². The number of hydrogen-bond donors (Lipinski definition) is 2.